The van der Waals surface area contributed by atoms with Gasteiger partial charge < -0.3 is 4.74 Å². The Morgan fingerprint density at radius 3 is 2.91 bits per heavy atom. The van der Waals surface area contributed by atoms with Crippen molar-refractivity contribution in [3.8, 4) is 5.75 Å². The first kappa shape index (κ1) is 16.7. The predicted octanol–water partition coefficient (Wildman–Crippen LogP) is 3.12. The fraction of sp³-hybridized carbons (Fsp3) is 0.278. The van der Waals surface area contributed by atoms with Crippen LogP contribution < -0.4 is 10.2 Å². The number of hydrogen-bond donors (Lipinski definition) is 1. The van der Waals surface area contributed by atoms with Crippen molar-refractivity contribution in [1.82, 2.24) is 10.4 Å². The number of benzene rings is 1. The first-order valence-corrected chi connectivity index (χ1v) is 7.64. The quantitative estimate of drug-likeness (QED) is 0.631. The van der Waals surface area contributed by atoms with Crippen LogP contribution in [0.3, 0.4) is 0 Å². The van der Waals surface area contributed by atoms with E-state index >= 15 is 0 Å². The summed E-state index contributed by atoms with van der Waals surface area (Å²) < 4.78 is 5.63. The van der Waals surface area contributed by atoms with Gasteiger partial charge in [0.05, 0.1) is 6.21 Å². The summed E-state index contributed by atoms with van der Waals surface area (Å²) in [6.45, 7) is 4.19. The van der Waals surface area contributed by atoms with Crippen molar-refractivity contribution >= 4 is 12.1 Å². The molecule has 0 bridgehead atoms. The summed E-state index contributed by atoms with van der Waals surface area (Å²) in [6, 6.07) is 11.4. The number of nitrogens with zero attached hydrogens (tertiary/aromatic N) is 2. The van der Waals surface area contributed by atoms with Crippen LogP contribution >= 0.6 is 0 Å². The second kappa shape index (κ2) is 8.68. The smallest absolute Gasteiger partial charge is 0.277 e. The van der Waals surface area contributed by atoms with Crippen LogP contribution in [0.5, 0.6) is 5.75 Å². The first-order valence-electron chi connectivity index (χ1n) is 7.64. The lowest BCUT2D eigenvalue weighted by Gasteiger charge is -2.15. The number of amides is 1. The predicted molar refractivity (Wildman–Crippen MR) is 90.6 cm³/mol. The second-order valence-corrected chi connectivity index (χ2v) is 5.22. The lowest BCUT2D eigenvalue weighted by molar-refractivity contribution is -0.123. The number of hydrazone groups is 1. The van der Waals surface area contributed by atoms with Gasteiger partial charge in [0.25, 0.3) is 5.91 Å². The van der Waals surface area contributed by atoms with Gasteiger partial charge in [0.1, 0.15) is 5.75 Å². The summed E-state index contributed by atoms with van der Waals surface area (Å²) in [5.74, 6) is 0.829. The van der Waals surface area contributed by atoms with Gasteiger partial charge in [-0.15, -0.1) is 0 Å². The number of pyridine rings is 1. The van der Waals surface area contributed by atoms with Crippen LogP contribution in [0.1, 0.15) is 37.3 Å². The van der Waals surface area contributed by atoms with E-state index in [4.69, 9.17) is 4.74 Å². The molecule has 2 rings (SSSR count). The molecule has 1 aromatic carbocycles. The van der Waals surface area contributed by atoms with Crippen LogP contribution in [0, 0.1) is 0 Å². The third-order valence-corrected chi connectivity index (χ3v) is 3.51. The molecule has 1 aromatic heterocycles. The van der Waals surface area contributed by atoms with Gasteiger partial charge in [-0.1, -0.05) is 38.1 Å². The number of aromatic nitrogens is 1. The maximum absolute atomic E-state index is 11.8. The number of carbonyl (C=O) groups is 1. The third-order valence-electron chi connectivity index (χ3n) is 3.51. The van der Waals surface area contributed by atoms with Crippen molar-refractivity contribution in [1.29, 1.82) is 0 Å². The van der Waals surface area contributed by atoms with E-state index in [1.165, 1.54) is 6.21 Å². The van der Waals surface area contributed by atoms with Gasteiger partial charge in [-0.25, -0.2) is 5.43 Å². The number of rotatable bonds is 7. The van der Waals surface area contributed by atoms with E-state index in [-0.39, 0.29) is 12.5 Å². The highest BCUT2D eigenvalue weighted by atomic mass is 16.5. The fourth-order valence-electron chi connectivity index (χ4n) is 2.05. The van der Waals surface area contributed by atoms with Crippen molar-refractivity contribution in [3.63, 3.8) is 0 Å². The normalized spacial score (nSPS) is 12.1. The molecule has 120 valence electrons. The zero-order valence-corrected chi connectivity index (χ0v) is 13.4. The Morgan fingerprint density at radius 2 is 2.17 bits per heavy atom. The van der Waals surface area contributed by atoms with Gasteiger partial charge in [-0.3, -0.25) is 9.78 Å². The minimum absolute atomic E-state index is 0.0716. The van der Waals surface area contributed by atoms with Crippen molar-refractivity contribution in [2.24, 2.45) is 5.10 Å². The van der Waals surface area contributed by atoms with Gasteiger partial charge in [0, 0.05) is 18.0 Å². The van der Waals surface area contributed by atoms with Crippen molar-refractivity contribution in [2.45, 2.75) is 26.2 Å². The van der Waals surface area contributed by atoms with E-state index in [9.17, 15) is 4.79 Å². The zero-order valence-electron chi connectivity index (χ0n) is 13.4. The summed E-state index contributed by atoms with van der Waals surface area (Å²) in [5, 5.41) is 3.88. The van der Waals surface area contributed by atoms with E-state index in [0.717, 1.165) is 23.3 Å². The van der Waals surface area contributed by atoms with E-state index in [1.807, 2.05) is 30.3 Å². The van der Waals surface area contributed by atoms with Crippen LogP contribution in [0.4, 0.5) is 0 Å². The molecule has 0 aliphatic heterocycles. The van der Waals surface area contributed by atoms with Crippen LogP contribution in [0.25, 0.3) is 0 Å². The summed E-state index contributed by atoms with van der Waals surface area (Å²) in [5.41, 5.74) is 4.37. The van der Waals surface area contributed by atoms with Gasteiger partial charge in [-0.05, 0) is 30.0 Å². The van der Waals surface area contributed by atoms with E-state index in [2.05, 4.69) is 29.4 Å². The van der Waals surface area contributed by atoms with Crippen LogP contribution in [-0.4, -0.2) is 23.7 Å². The highest BCUT2D eigenvalue weighted by Crippen LogP contribution is 2.28. The summed E-state index contributed by atoms with van der Waals surface area (Å²) in [7, 11) is 0. The summed E-state index contributed by atoms with van der Waals surface area (Å²) in [6.07, 6.45) is 5.90. The molecule has 0 aliphatic carbocycles. The highest BCUT2D eigenvalue weighted by molar-refractivity contribution is 5.82. The minimum atomic E-state index is -0.302. The van der Waals surface area contributed by atoms with Crippen molar-refractivity contribution in [2.75, 3.05) is 6.61 Å². The Hall–Kier alpha value is -2.69. The molecule has 1 unspecified atom stereocenters. The molecule has 1 heterocycles. The first-order chi connectivity index (χ1) is 11.2. The monoisotopic (exact) mass is 311 g/mol. The molecule has 0 saturated carbocycles. The fourth-order valence-corrected chi connectivity index (χ4v) is 2.05. The molecule has 23 heavy (non-hydrogen) atoms. The second-order valence-electron chi connectivity index (χ2n) is 5.22. The van der Waals surface area contributed by atoms with Crippen LogP contribution in [0.2, 0.25) is 0 Å². The Balaban J connectivity index is 1.86. The molecule has 0 aliphatic rings. The van der Waals surface area contributed by atoms with Crippen LogP contribution in [0.15, 0.2) is 53.9 Å². The standard InChI is InChI=1S/C18H21N3O2/c1-3-14(2)16-8-4-5-9-17(16)23-13-18(22)21-20-12-15-7-6-10-19-11-15/h4-12,14H,3,13H2,1-2H3,(H,21,22). The molecule has 1 amide bonds. The molecule has 1 atom stereocenters. The SMILES string of the molecule is CCC(C)c1ccccc1OCC(=O)NN=Cc1cccnc1. The molecule has 0 fully saturated rings. The summed E-state index contributed by atoms with van der Waals surface area (Å²) >= 11 is 0. The minimum Gasteiger partial charge on any atom is -0.483 e. The number of nitrogens with one attached hydrogen (secondary N) is 1. The Morgan fingerprint density at radius 1 is 1.35 bits per heavy atom. The number of para-hydroxylation sites is 1. The maximum Gasteiger partial charge on any atom is 0.277 e. The lowest BCUT2D eigenvalue weighted by atomic mass is 9.98. The van der Waals surface area contributed by atoms with Crippen molar-refractivity contribution in [3.05, 3.63) is 59.9 Å². The molecule has 0 radical (unpaired) electrons. The number of ether oxygens (including phenoxy) is 1. The largest absolute Gasteiger partial charge is 0.483 e. The average Bonchev–Trinajstić information content (AvgIpc) is 2.60. The number of hydrogen-bond acceptors (Lipinski definition) is 4. The molecule has 0 saturated heterocycles. The summed E-state index contributed by atoms with van der Waals surface area (Å²) in [4.78, 5) is 15.8. The Labute approximate surface area is 136 Å². The topological polar surface area (TPSA) is 63.6 Å². The number of carbonyl (C=O) groups excluding carboxylic acids is 1. The highest BCUT2D eigenvalue weighted by Gasteiger charge is 2.10. The molecular weight excluding hydrogens is 290 g/mol. The Kier molecular flexibility index (Phi) is 6.29. The van der Waals surface area contributed by atoms with Crippen LogP contribution in [-0.2, 0) is 4.79 Å². The van der Waals surface area contributed by atoms with Gasteiger partial charge in [0.15, 0.2) is 6.61 Å². The Bertz CT molecular complexity index is 656. The van der Waals surface area contributed by atoms with Gasteiger partial charge >= 0.3 is 0 Å². The molecule has 2 aromatic rings. The molecule has 1 N–H and O–H groups in total. The third kappa shape index (κ3) is 5.21. The molecule has 5 nitrogen and oxygen atoms in total. The van der Waals surface area contributed by atoms with Crippen molar-refractivity contribution < 1.29 is 9.53 Å². The molecule has 5 heteroatoms. The van der Waals surface area contributed by atoms with E-state index < -0.39 is 0 Å². The lowest BCUT2D eigenvalue weighted by Crippen LogP contribution is -2.25. The van der Waals surface area contributed by atoms with Gasteiger partial charge in [0.2, 0.25) is 0 Å². The maximum atomic E-state index is 11.8. The van der Waals surface area contributed by atoms with E-state index in [0.29, 0.717) is 5.92 Å². The van der Waals surface area contributed by atoms with E-state index in [1.54, 1.807) is 18.5 Å². The molecule has 0 spiro atoms. The molecular formula is C18H21N3O2. The zero-order chi connectivity index (χ0) is 16.5. The average molecular weight is 311 g/mol. The van der Waals surface area contributed by atoms with Gasteiger partial charge in [-0.2, -0.15) is 5.10 Å².